The Kier molecular flexibility index (Phi) is 6.47. The zero-order valence-corrected chi connectivity index (χ0v) is 15.1. The summed E-state index contributed by atoms with van der Waals surface area (Å²) in [7, 11) is 0. The zero-order chi connectivity index (χ0) is 18.2. The maximum Gasteiger partial charge on any atom is 0.217 e. The van der Waals surface area contributed by atoms with Crippen molar-refractivity contribution in [2.45, 2.75) is 39.8 Å². The number of hydrogen-bond acceptors (Lipinski definition) is 3. The van der Waals surface area contributed by atoms with Crippen LogP contribution < -0.4 is 15.4 Å². The molecule has 0 heterocycles. The van der Waals surface area contributed by atoms with Crippen LogP contribution in [0.15, 0.2) is 48.5 Å². The van der Waals surface area contributed by atoms with E-state index in [1.807, 2.05) is 69.3 Å². The quantitative estimate of drug-likeness (QED) is 0.809. The van der Waals surface area contributed by atoms with Crippen molar-refractivity contribution in [2.24, 2.45) is 0 Å². The number of hydrogen-bond donors (Lipinski definition) is 2. The lowest BCUT2D eigenvalue weighted by molar-refractivity contribution is -0.119. The van der Waals surface area contributed by atoms with Gasteiger partial charge in [0.05, 0.1) is 12.1 Å². The molecule has 0 saturated carbocycles. The van der Waals surface area contributed by atoms with Crippen molar-refractivity contribution in [1.29, 1.82) is 0 Å². The third-order valence-electron chi connectivity index (χ3n) is 3.25. The highest BCUT2D eigenvalue weighted by Crippen LogP contribution is 2.21. The van der Waals surface area contributed by atoms with Crippen LogP contribution in [0, 0.1) is 11.8 Å². The minimum atomic E-state index is -0.165. The SMILES string of the molecule is CC(=O)NC(C)C#Cc1ccc(Nc2ccc(OC(C)C)cc2)cc1. The van der Waals surface area contributed by atoms with Crippen LogP contribution in [0.25, 0.3) is 0 Å². The largest absolute Gasteiger partial charge is 0.491 e. The second kappa shape index (κ2) is 8.79. The molecule has 1 atom stereocenters. The molecule has 0 fully saturated rings. The monoisotopic (exact) mass is 336 g/mol. The van der Waals surface area contributed by atoms with Gasteiger partial charge in [0.25, 0.3) is 0 Å². The number of amides is 1. The van der Waals surface area contributed by atoms with Gasteiger partial charge >= 0.3 is 0 Å². The number of nitrogens with one attached hydrogen (secondary N) is 2. The predicted octanol–water partition coefficient (Wildman–Crippen LogP) is 4.09. The standard InChI is InChI=1S/C21H24N2O2/c1-15(2)25-21-13-11-20(12-14-21)23-19-9-7-18(8-10-19)6-5-16(3)22-17(4)24/h7-16,23H,1-4H3,(H,22,24). The second-order valence-electron chi connectivity index (χ2n) is 6.08. The molecule has 4 nitrogen and oxygen atoms in total. The number of benzene rings is 2. The van der Waals surface area contributed by atoms with E-state index < -0.39 is 0 Å². The Morgan fingerprint density at radius 3 is 2.04 bits per heavy atom. The molecular weight excluding hydrogens is 312 g/mol. The van der Waals surface area contributed by atoms with Crippen molar-refractivity contribution >= 4 is 17.3 Å². The molecule has 130 valence electrons. The summed E-state index contributed by atoms with van der Waals surface area (Å²) >= 11 is 0. The fourth-order valence-electron chi connectivity index (χ4n) is 2.23. The molecule has 0 saturated heterocycles. The molecule has 1 unspecified atom stereocenters. The minimum Gasteiger partial charge on any atom is -0.491 e. The lowest BCUT2D eigenvalue weighted by Gasteiger charge is -2.11. The van der Waals surface area contributed by atoms with Crippen molar-refractivity contribution in [3.05, 3.63) is 54.1 Å². The van der Waals surface area contributed by atoms with Gasteiger partial charge < -0.3 is 15.4 Å². The van der Waals surface area contributed by atoms with Crippen LogP contribution in [-0.2, 0) is 4.79 Å². The Balaban J connectivity index is 1.96. The maximum absolute atomic E-state index is 11.0. The van der Waals surface area contributed by atoms with Crippen LogP contribution in [0.4, 0.5) is 11.4 Å². The Bertz CT molecular complexity index is 753. The molecule has 2 aromatic carbocycles. The van der Waals surface area contributed by atoms with Crippen LogP contribution in [0.5, 0.6) is 5.75 Å². The highest BCUT2D eigenvalue weighted by atomic mass is 16.5. The van der Waals surface area contributed by atoms with E-state index >= 15 is 0 Å². The first-order valence-electron chi connectivity index (χ1n) is 8.35. The van der Waals surface area contributed by atoms with E-state index in [4.69, 9.17) is 4.74 Å². The lowest BCUT2D eigenvalue weighted by Crippen LogP contribution is -2.28. The number of anilines is 2. The number of carbonyl (C=O) groups is 1. The van der Waals surface area contributed by atoms with Gasteiger partial charge in [-0.3, -0.25) is 4.79 Å². The molecule has 0 aromatic heterocycles. The summed E-state index contributed by atoms with van der Waals surface area (Å²) in [4.78, 5) is 11.0. The predicted molar refractivity (Wildman–Crippen MR) is 102 cm³/mol. The van der Waals surface area contributed by atoms with Gasteiger partial charge in [0.15, 0.2) is 0 Å². The van der Waals surface area contributed by atoms with E-state index in [0.717, 1.165) is 22.7 Å². The molecular formula is C21H24N2O2. The number of carbonyl (C=O) groups excluding carboxylic acids is 1. The summed E-state index contributed by atoms with van der Waals surface area (Å²) in [6.45, 7) is 7.36. The van der Waals surface area contributed by atoms with Gasteiger partial charge in [-0.25, -0.2) is 0 Å². The topological polar surface area (TPSA) is 50.4 Å². The minimum absolute atomic E-state index is 0.0776. The van der Waals surface area contributed by atoms with Gasteiger partial charge in [0.2, 0.25) is 5.91 Å². The van der Waals surface area contributed by atoms with Crippen molar-refractivity contribution in [3.63, 3.8) is 0 Å². The molecule has 0 aliphatic rings. The maximum atomic E-state index is 11.0. The molecule has 0 aliphatic heterocycles. The first kappa shape index (κ1) is 18.4. The van der Waals surface area contributed by atoms with Gasteiger partial charge in [-0.05, 0) is 69.3 Å². The molecule has 0 bridgehead atoms. The highest BCUT2D eigenvalue weighted by Gasteiger charge is 2.00. The van der Waals surface area contributed by atoms with Gasteiger partial charge in [-0.15, -0.1) is 0 Å². The lowest BCUT2D eigenvalue weighted by atomic mass is 10.2. The fourth-order valence-corrected chi connectivity index (χ4v) is 2.23. The van der Waals surface area contributed by atoms with Crippen molar-refractivity contribution in [3.8, 4) is 17.6 Å². The van der Waals surface area contributed by atoms with Crippen molar-refractivity contribution in [1.82, 2.24) is 5.32 Å². The third-order valence-corrected chi connectivity index (χ3v) is 3.25. The molecule has 0 radical (unpaired) electrons. The molecule has 2 N–H and O–H groups in total. The fraction of sp³-hybridized carbons (Fsp3) is 0.286. The summed E-state index contributed by atoms with van der Waals surface area (Å²) in [5.41, 5.74) is 2.88. The van der Waals surface area contributed by atoms with Crippen LogP contribution in [0.2, 0.25) is 0 Å². The third kappa shape index (κ3) is 6.60. The van der Waals surface area contributed by atoms with Crippen LogP contribution in [0.3, 0.4) is 0 Å². The normalized spacial score (nSPS) is 11.2. The second-order valence-corrected chi connectivity index (χ2v) is 6.08. The van der Waals surface area contributed by atoms with Crippen molar-refractivity contribution in [2.75, 3.05) is 5.32 Å². The Morgan fingerprint density at radius 2 is 1.52 bits per heavy atom. The van der Waals surface area contributed by atoms with Crippen LogP contribution in [-0.4, -0.2) is 18.1 Å². The van der Waals surface area contributed by atoms with Crippen LogP contribution in [0.1, 0.15) is 33.3 Å². The van der Waals surface area contributed by atoms with E-state index in [9.17, 15) is 4.79 Å². The Labute approximate surface area is 149 Å². The van der Waals surface area contributed by atoms with E-state index in [-0.39, 0.29) is 18.1 Å². The molecule has 0 aliphatic carbocycles. The smallest absolute Gasteiger partial charge is 0.217 e. The average Bonchev–Trinajstić information content (AvgIpc) is 2.55. The van der Waals surface area contributed by atoms with Gasteiger partial charge in [0, 0.05) is 23.9 Å². The first-order chi connectivity index (χ1) is 11.9. The van der Waals surface area contributed by atoms with E-state index in [0.29, 0.717) is 0 Å². The molecule has 25 heavy (non-hydrogen) atoms. The summed E-state index contributed by atoms with van der Waals surface area (Å²) in [5.74, 6) is 6.85. The summed E-state index contributed by atoms with van der Waals surface area (Å²) in [6, 6.07) is 15.6. The number of ether oxygens (including phenoxy) is 1. The Hall–Kier alpha value is -2.93. The Morgan fingerprint density at radius 1 is 0.960 bits per heavy atom. The molecule has 1 amide bonds. The molecule has 4 heteroatoms. The van der Waals surface area contributed by atoms with Gasteiger partial charge in [-0.2, -0.15) is 0 Å². The first-order valence-corrected chi connectivity index (χ1v) is 8.35. The zero-order valence-electron chi connectivity index (χ0n) is 15.1. The molecule has 0 spiro atoms. The van der Waals surface area contributed by atoms with E-state index in [1.54, 1.807) is 0 Å². The van der Waals surface area contributed by atoms with Gasteiger partial charge in [-0.1, -0.05) is 11.8 Å². The summed E-state index contributed by atoms with van der Waals surface area (Å²) in [5, 5.41) is 6.08. The van der Waals surface area contributed by atoms with E-state index in [1.165, 1.54) is 6.92 Å². The van der Waals surface area contributed by atoms with Crippen LogP contribution >= 0.6 is 0 Å². The number of rotatable bonds is 5. The summed E-state index contributed by atoms with van der Waals surface area (Å²) < 4.78 is 5.64. The molecule has 2 rings (SSSR count). The summed E-state index contributed by atoms with van der Waals surface area (Å²) in [6.07, 6.45) is 0.167. The average molecular weight is 336 g/mol. The van der Waals surface area contributed by atoms with Crippen molar-refractivity contribution < 1.29 is 9.53 Å². The molecule has 2 aromatic rings. The van der Waals surface area contributed by atoms with Gasteiger partial charge in [0.1, 0.15) is 5.75 Å². The highest BCUT2D eigenvalue weighted by molar-refractivity contribution is 5.73. The van der Waals surface area contributed by atoms with E-state index in [2.05, 4.69) is 22.5 Å².